The second-order valence-corrected chi connectivity index (χ2v) is 4.07. The number of carbonyl (C=O) groups excluding carboxylic acids is 1. The maximum atomic E-state index is 12.3. The van der Waals surface area contributed by atoms with Crippen LogP contribution in [0.15, 0.2) is 65.8 Å². The molecule has 0 aromatic heterocycles. The Morgan fingerprint density at radius 3 is 2.17 bits per heavy atom. The van der Waals surface area contributed by atoms with Crippen LogP contribution >= 0.6 is 0 Å². The van der Waals surface area contributed by atoms with Crippen LogP contribution in [0.3, 0.4) is 0 Å². The van der Waals surface area contributed by atoms with Gasteiger partial charge in [0.1, 0.15) is 0 Å². The highest BCUT2D eigenvalue weighted by atomic mass is 16.6. The molecule has 1 atom stereocenters. The highest BCUT2D eigenvalue weighted by Crippen LogP contribution is 2.26. The minimum absolute atomic E-state index is 0.0904. The summed E-state index contributed by atoms with van der Waals surface area (Å²) in [5, 5.41) is 3.91. The fourth-order valence-electron chi connectivity index (χ4n) is 1.95. The zero-order chi connectivity index (χ0) is 12.4. The van der Waals surface area contributed by atoms with Gasteiger partial charge in [0.2, 0.25) is 11.9 Å². The molecule has 18 heavy (non-hydrogen) atoms. The van der Waals surface area contributed by atoms with Gasteiger partial charge in [-0.3, -0.25) is 4.79 Å². The van der Waals surface area contributed by atoms with Gasteiger partial charge in [-0.25, -0.2) is 0 Å². The first-order valence-corrected chi connectivity index (χ1v) is 5.74. The molecule has 2 aromatic carbocycles. The van der Waals surface area contributed by atoms with Crippen molar-refractivity contribution in [1.82, 2.24) is 0 Å². The number of hydrogen-bond acceptors (Lipinski definition) is 3. The maximum absolute atomic E-state index is 12.3. The molecule has 0 saturated heterocycles. The summed E-state index contributed by atoms with van der Waals surface area (Å²) < 4.78 is 0. The van der Waals surface area contributed by atoms with Crippen molar-refractivity contribution in [1.29, 1.82) is 0 Å². The van der Waals surface area contributed by atoms with Crippen molar-refractivity contribution in [2.24, 2.45) is 5.16 Å². The van der Waals surface area contributed by atoms with E-state index in [0.717, 1.165) is 11.1 Å². The van der Waals surface area contributed by atoms with Crippen molar-refractivity contribution in [2.75, 3.05) is 0 Å². The lowest BCUT2D eigenvalue weighted by atomic mass is 9.99. The molecule has 0 fully saturated rings. The van der Waals surface area contributed by atoms with Crippen LogP contribution in [0, 0.1) is 0 Å². The summed E-state index contributed by atoms with van der Waals surface area (Å²) in [4.78, 5) is 17.5. The molecule has 3 rings (SSSR count). The molecule has 3 heteroatoms. The molecular weight excluding hydrogens is 226 g/mol. The molecular formula is C15H11NO2. The largest absolute Gasteiger partial charge is 0.378 e. The van der Waals surface area contributed by atoms with Crippen LogP contribution < -0.4 is 0 Å². The number of ketones is 1. The molecule has 1 unspecified atom stereocenters. The third-order valence-electron chi connectivity index (χ3n) is 2.87. The Balaban J connectivity index is 1.89. The molecule has 0 saturated carbocycles. The van der Waals surface area contributed by atoms with Gasteiger partial charge in [0.15, 0.2) is 5.71 Å². The smallest absolute Gasteiger partial charge is 0.233 e. The van der Waals surface area contributed by atoms with Crippen molar-refractivity contribution in [3.05, 3.63) is 71.8 Å². The van der Waals surface area contributed by atoms with Crippen molar-refractivity contribution in [3.63, 3.8) is 0 Å². The van der Waals surface area contributed by atoms with E-state index in [9.17, 15) is 4.79 Å². The highest BCUT2D eigenvalue weighted by Gasteiger charge is 2.33. The maximum Gasteiger partial charge on any atom is 0.233 e. The minimum Gasteiger partial charge on any atom is -0.378 e. The number of oxime groups is 1. The van der Waals surface area contributed by atoms with Gasteiger partial charge in [-0.2, -0.15) is 0 Å². The minimum atomic E-state index is -0.610. The second kappa shape index (κ2) is 4.45. The van der Waals surface area contributed by atoms with E-state index >= 15 is 0 Å². The van der Waals surface area contributed by atoms with Crippen LogP contribution in [0.4, 0.5) is 0 Å². The topological polar surface area (TPSA) is 38.7 Å². The first-order valence-electron chi connectivity index (χ1n) is 5.74. The van der Waals surface area contributed by atoms with Gasteiger partial charge in [0, 0.05) is 11.1 Å². The molecule has 88 valence electrons. The van der Waals surface area contributed by atoms with Gasteiger partial charge < -0.3 is 4.84 Å². The molecule has 0 aliphatic carbocycles. The molecule has 1 aliphatic heterocycles. The fourth-order valence-corrected chi connectivity index (χ4v) is 1.95. The monoisotopic (exact) mass is 237 g/mol. The summed E-state index contributed by atoms with van der Waals surface area (Å²) >= 11 is 0. The van der Waals surface area contributed by atoms with E-state index < -0.39 is 6.10 Å². The van der Waals surface area contributed by atoms with Gasteiger partial charge >= 0.3 is 0 Å². The van der Waals surface area contributed by atoms with Crippen LogP contribution in [0.2, 0.25) is 0 Å². The zero-order valence-electron chi connectivity index (χ0n) is 9.61. The Labute approximate surface area is 105 Å². The van der Waals surface area contributed by atoms with Crippen LogP contribution in [0.5, 0.6) is 0 Å². The second-order valence-electron chi connectivity index (χ2n) is 4.07. The number of rotatable bonds is 2. The van der Waals surface area contributed by atoms with Crippen molar-refractivity contribution in [2.45, 2.75) is 6.10 Å². The number of carbonyl (C=O) groups is 1. The predicted molar refractivity (Wildman–Crippen MR) is 68.3 cm³/mol. The summed E-state index contributed by atoms with van der Waals surface area (Å²) in [5.41, 5.74) is 2.02. The average Bonchev–Trinajstić information content (AvgIpc) is 2.83. The highest BCUT2D eigenvalue weighted by molar-refractivity contribution is 6.48. The normalized spacial score (nSPS) is 18.3. The molecule has 0 radical (unpaired) electrons. The van der Waals surface area contributed by atoms with E-state index in [-0.39, 0.29) is 5.78 Å². The third kappa shape index (κ3) is 1.80. The first-order chi connectivity index (χ1) is 8.86. The van der Waals surface area contributed by atoms with Gasteiger partial charge in [0.25, 0.3) is 0 Å². The lowest BCUT2D eigenvalue weighted by Gasteiger charge is -2.06. The number of nitrogens with zero attached hydrogens (tertiary/aromatic N) is 1. The van der Waals surface area contributed by atoms with E-state index in [1.807, 2.05) is 60.7 Å². The first kappa shape index (κ1) is 10.7. The summed E-state index contributed by atoms with van der Waals surface area (Å²) in [6.45, 7) is 0. The Kier molecular flexibility index (Phi) is 2.65. The van der Waals surface area contributed by atoms with Crippen LogP contribution in [0.25, 0.3) is 0 Å². The summed E-state index contributed by atoms with van der Waals surface area (Å²) in [6.07, 6.45) is -0.610. The lowest BCUT2D eigenvalue weighted by Crippen LogP contribution is -2.17. The Hall–Kier alpha value is -2.42. The number of benzene rings is 2. The molecule has 0 amide bonds. The van der Waals surface area contributed by atoms with Crippen molar-refractivity contribution in [3.8, 4) is 0 Å². The molecule has 3 nitrogen and oxygen atoms in total. The molecule has 0 bridgehead atoms. The van der Waals surface area contributed by atoms with Crippen LogP contribution in [-0.2, 0) is 9.63 Å². The van der Waals surface area contributed by atoms with E-state index in [2.05, 4.69) is 5.16 Å². The molecule has 1 heterocycles. The summed E-state index contributed by atoms with van der Waals surface area (Å²) in [6, 6.07) is 18.8. The Morgan fingerprint density at radius 2 is 1.50 bits per heavy atom. The number of hydrogen-bond donors (Lipinski definition) is 0. The summed E-state index contributed by atoms with van der Waals surface area (Å²) in [7, 11) is 0. The van der Waals surface area contributed by atoms with Crippen LogP contribution in [0.1, 0.15) is 17.2 Å². The quantitative estimate of drug-likeness (QED) is 0.805. The van der Waals surface area contributed by atoms with E-state index in [1.165, 1.54) is 0 Å². The number of Topliss-reactive ketones (excluding diaryl/α,β-unsaturated/α-hetero) is 1. The predicted octanol–water partition coefficient (Wildman–Crippen LogP) is 2.73. The summed E-state index contributed by atoms with van der Waals surface area (Å²) in [5.74, 6) is -0.0904. The van der Waals surface area contributed by atoms with E-state index in [0.29, 0.717) is 5.71 Å². The standard InChI is InChI=1S/C15H11NO2/c17-14-13(11-7-3-1-4-8-11)16-18-15(14)12-9-5-2-6-10-12/h1-10,15H. The Morgan fingerprint density at radius 1 is 0.889 bits per heavy atom. The van der Waals surface area contributed by atoms with Crippen molar-refractivity contribution < 1.29 is 9.63 Å². The van der Waals surface area contributed by atoms with Gasteiger partial charge in [0.05, 0.1) is 0 Å². The zero-order valence-corrected chi connectivity index (χ0v) is 9.61. The lowest BCUT2D eigenvalue weighted by molar-refractivity contribution is -0.120. The fraction of sp³-hybridized carbons (Fsp3) is 0.0667. The van der Waals surface area contributed by atoms with Gasteiger partial charge in [-0.1, -0.05) is 65.8 Å². The molecule has 0 N–H and O–H groups in total. The molecule has 1 aliphatic rings. The Bertz CT molecular complexity index is 590. The van der Waals surface area contributed by atoms with Gasteiger partial charge in [-0.05, 0) is 0 Å². The van der Waals surface area contributed by atoms with E-state index in [4.69, 9.17) is 4.84 Å². The van der Waals surface area contributed by atoms with E-state index in [1.54, 1.807) is 0 Å². The SMILES string of the molecule is O=C1C(c2ccccc2)=NOC1c1ccccc1. The average molecular weight is 237 g/mol. The van der Waals surface area contributed by atoms with Crippen molar-refractivity contribution >= 4 is 11.5 Å². The molecule has 0 spiro atoms. The van der Waals surface area contributed by atoms with Gasteiger partial charge in [-0.15, -0.1) is 0 Å². The third-order valence-corrected chi connectivity index (χ3v) is 2.87. The van der Waals surface area contributed by atoms with Crippen LogP contribution in [-0.4, -0.2) is 11.5 Å². The molecule has 2 aromatic rings.